The zero-order chi connectivity index (χ0) is 23.8. The van der Waals surface area contributed by atoms with Crippen molar-refractivity contribution < 1.29 is 14.3 Å². The zero-order valence-electron chi connectivity index (χ0n) is 19.8. The van der Waals surface area contributed by atoms with Gasteiger partial charge in [-0.25, -0.2) is 9.97 Å². The van der Waals surface area contributed by atoms with Gasteiger partial charge in [0.15, 0.2) is 0 Å². The van der Waals surface area contributed by atoms with Gasteiger partial charge in [-0.2, -0.15) is 0 Å². The van der Waals surface area contributed by atoms with Crippen LogP contribution in [0.3, 0.4) is 0 Å². The van der Waals surface area contributed by atoms with Crippen LogP contribution in [0, 0.1) is 0 Å². The van der Waals surface area contributed by atoms with E-state index in [2.05, 4.69) is 36.9 Å². The van der Waals surface area contributed by atoms with Crippen molar-refractivity contribution in [2.45, 2.75) is 6.42 Å². The third-order valence-electron chi connectivity index (χ3n) is 5.85. The Hall–Kier alpha value is -3.43. The second-order valence-electron chi connectivity index (χ2n) is 8.14. The second-order valence-corrected chi connectivity index (χ2v) is 8.14. The van der Waals surface area contributed by atoms with Gasteiger partial charge in [-0.1, -0.05) is 6.07 Å². The molecule has 1 aliphatic heterocycles. The molecule has 9 heteroatoms. The average Bonchev–Trinajstić information content (AvgIpc) is 2.90. The summed E-state index contributed by atoms with van der Waals surface area (Å²) in [4.78, 5) is 23.6. The van der Waals surface area contributed by atoms with Gasteiger partial charge in [0.25, 0.3) is 0 Å². The number of ether oxygens (including phenoxy) is 2. The molecule has 0 atom stereocenters. The van der Waals surface area contributed by atoms with E-state index in [9.17, 15) is 4.79 Å². The fourth-order valence-corrected chi connectivity index (χ4v) is 3.99. The van der Waals surface area contributed by atoms with Crippen LogP contribution in [0.2, 0.25) is 0 Å². The van der Waals surface area contributed by atoms with Crippen LogP contribution < -0.4 is 20.7 Å². The number of hydrogen-bond acceptors (Lipinski definition) is 8. The zero-order valence-corrected chi connectivity index (χ0v) is 19.8. The van der Waals surface area contributed by atoms with E-state index in [0.29, 0.717) is 12.5 Å². The Morgan fingerprint density at radius 3 is 2.82 bits per heavy atom. The molecule has 0 unspecified atom stereocenters. The summed E-state index contributed by atoms with van der Waals surface area (Å²) in [5, 5.41) is 11.3. The van der Waals surface area contributed by atoms with Crippen LogP contribution >= 0.6 is 0 Å². The molecule has 0 radical (unpaired) electrons. The minimum absolute atomic E-state index is 0.0390. The molecule has 0 spiro atoms. The number of fused-ring (bicyclic) bond motifs is 1. The van der Waals surface area contributed by atoms with Crippen molar-refractivity contribution >= 4 is 28.3 Å². The predicted octanol–water partition coefficient (Wildman–Crippen LogP) is 2.60. The minimum Gasteiger partial charge on any atom is -0.497 e. The molecule has 34 heavy (non-hydrogen) atoms. The molecule has 1 aliphatic rings. The van der Waals surface area contributed by atoms with Crippen molar-refractivity contribution in [1.29, 1.82) is 0 Å². The number of nitrogens with one attached hydrogen (secondary N) is 3. The van der Waals surface area contributed by atoms with E-state index in [-0.39, 0.29) is 12.5 Å². The summed E-state index contributed by atoms with van der Waals surface area (Å²) >= 11 is 0. The number of anilines is 2. The first-order valence-electron chi connectivity index (χ1n) is 11.6. The normalized spacial score (nSPS) is 14.1. The Kier molecular flexibility index (Phi) is 8.11. The maximum Gasteiger partial charge on any atom is 0.239 e. The van der Waals surface area contributed by atoms with Gasteiger partial charge in [-0.3, -0.25) is 9.69 Å². The third-order valence-corrected chi connectivity index (χ3v) is 5.85. The molecule has 3 aromatic rings. The Labute approximate surface area is 199 Å². The summed E-state index contributed by atoms with van der Waals surface area (Å²) in [5.74, 6) is 1.27. The van der Waals surface area contributed by atoms with E-state index in [4.69, 9.17) is 9.47 Å². The molecule has 1 saturated heterocycles. The van der Waals surface area contributed by atoms with E-state index in [1.807, 2.05) is 30.3 Å². The maximum atomic E-state index is 12.5. The smallest absolute Gasteiger partial charge is 0.239 e. The van der Waals surface area contributed by atoms with Crippen LogP contribution in [0.1, 0.15) is 6.42 Å². The number of rotatable bonds is 10. The molecule has 0 bridgehead atoms. The summed E-state index contributed by atoms with van der Waals surface area (Å²) in [6.07, 6.45) is 2.65. The first kappa shape index (κ1) is 23.7. The Morgan fingerprint density at radius 2 is 2.03 bits per heavy atom. The number of amides is 1. The van der Waals surface area contributed by atoms with Gasteiger partial charge >= 0.3 is 0 Å². The highest BCUT2D eigenvalue weighted by Crippen LogP contribution is 2.33. The van der Waals surface area contributed by atoms with Crippen molar-refractivity contribution in [3.8, 4) is 17.0 Å². The average molecular weight is 465 g/mol. The standard InChI is InChI=1S/C25H32N6O3/c1-26-25-28-8-6-22(30-25)19-14-18-4-5-20(33-2)16-21(18)23(15-19)29-17-24(32)27-7-3-9-31-10-12-34-13-11-31/h4-6,8,14-16,29H,3,7,9-13,17H2,1-2H3,(H,27,32)(H,26,28,30). The second kappa shape index (κ2) is 11.6. The summed E-state index contributed by atoms with van der Waals surface area (Å²) in [7, 11) is 3.44. The highest BCUT2D eigenvalue weighted by Gasteiger charge is 2.12. The van der Waals surface area contributed by atoms with Crippen molar-refractivity contribution in [3.63, 3.8) is 0 Å². The van der Waals surface area contributed by atoms with E-state index in [0.717, 1.165) is 72.7 Å². The lowest BCUT2D eigenvalue weighted by atomic mass is 10.0. The van der Waals surface area contributed by atoms with Gasteiger partial charge in [0.2, 0.25) is 11.9 Å². The quantitative estimate of drug-likeness (QED) is 0.394. The van der Waals surface area contributed by atoms with Crippen LogP contribution in [0.4, 0.5) is 11.6 Å². The molecule has 3 N–H and O–H groups in total. The lowest BCUT2D eigenvalue weighted by molar-refractivity contribution is -0.119. The van der Waals surface area contributed by atoms with Crippen LogP contribution in [-0.2, 0) is 9.53 Å². The van der Waals surface area contributed by atoms with E-state index in [1.54, 1.807) is 20.4 Å². The molecule has 180 valence electrons. The number of nitrogens with zero attached hydrogens (tertiary/aromatic N) is 3. The minimum atomic E-state index is -0.0390. The van der Waals surface area contributed by atoms with Crippen LogP contribution in [0.5, 0.6) is 5.75 Å². The number of carbonyl (C=O) groups excluding carboxylic acids is 1. The molecular weight excluding hydrogens is 432 g/mol. The summed E-state index contributed by atoms with van der Waals surface area (Å²) in [6, 6.07) is 11.9. The molecule has 2 aromatic carbocycles. The molecule has 9 nitrogen and oxygen atoms in total. The van der Waals surface area contributed by atoms with Crippen LogP contribution in [0.15, 0.2) is 42.6 Å². The van der Waals surface area contributed by atoms with Gasteiger partial charge in [0.05, 0.1) is 32.6 Å². The molecule has 2 heterocycles. The SMILES string of the molecule is CNc1nccc(-c2cc(NCC(=O)NCCCN3CCOCC3)c3cc(OC)ccc3c2)n1. The van der Waals surface area contributed by atoms with Crippen molar-refractivity contribution in [2.24, 2.45) is 0 Å². The summed E-state index contributed by atoms with van der Waals surface area (Å²) in [5.41, 5.74) is 2.58. The molecular formula is C25H32N6O3. The highest BCUT2D eigenvalue weighted by molar-refractivity contribution is 5.99. The number of methoxy groups -OCH3 is 1. The van der Waals surface area contributed by atoms with Crippen molar-refractivity contribution in [2.75, 3.05) is 70.7 Å². The number of benzene rings is 2. The molecule has 1 aromatic heterocycles. The van der Waals surface area contributed by atoms with E-state index in [1.165, 1.54) is 0 Å². The molecule has 1 amide bonds. The van der Waals surface area contributed by atoms with Gasteiger partial charge in [-0.15, -0.1) is 0 Å². The fourth-order valence-electron chi connectivity index (χ4n) is 3.99. The topological polar surface area (TPSA) is 101 Å². The number of hydrogen-bond donors (Lipinski definition) is 3. The Balaban J connectivity index is 1.44. The van der Waals surface area contributed by atoms with Crippen LogP contribution in [0.25, 0.3) is 22.0 Å². The van der Waals surface area contributed by atoms with Crippen LogP contribution in [-0.4, -0.2) is 80.9 Å². The Morgan fingerprint density at radius 1 is 1.18 bits per heavy atom. The first-order chi connectivity index (χ1) is 16.7. The lowest BCUT2D eigenvalue weighted by Gasteiger charge is -2.26. The first-order valence-corrected chi connectivity index (χ1v) is 11.6. The van der Waals surface area contributed by atoms with Gasteiger partial charge in [0, 0.05) is 49.5 Å². The maximum absolute atomic E-state index is 12.5. The van der Waals surface area contributed by atoms with Gasteiger partial charge < -0.3 is 25.4 Å². The fraction of sp³-hybridized carbons (Fsp3) is 0.400. The highest BCUT2D eigenvalue weighted by atomic mass is 16.5. The van der Waals surface area contributed by atoms with Gasteiger partial charge in [-0.05, 0) is 48.7 Å². The molecule has 1 fully saturated rings. The largest absolute Gasteiger partial charge is 0.497 e. The summed E-state index contributed by atoms with van der Waals surface area (Å²) < 4.78 is 10.8. The van der Waals surface area contributed by atoms with Crippen molar-refractivity contribution in [3.05, 3.63) is 42.6 Å². The number of morpholine rings is 1. The molecule has 4 rings (SSSR count). The predicted molar refractivity (Wildman–Crippen MR) is 134 cm³/mol. The number of aromatic nitrogens is 2. The van der Waals surface area contributed by atoms with Gasteiger partial charge in [0.1, 0.15) is 5.75 Å². The van der Waals surface area contributed by atoms with E-state index >= 15 is 0 Å². The molecule has 0 saturated carbocycles. The van der Waals surface area contributed by atoms with Crippen molar-refractivity contribution in [1.82, 2.24) is 20.2 Å². The summed E-state index contributed by atoms with van der Waals surface area (Å²) in [6.45, 7) is 5.31. The van der Waals surface area contributed by atoms with E-state index < -0.39 is 0 Å². The lowest BCUT2D eigenvalue weighted by Crippen LogP contribution is -2.38. The monoisotopic (exact) mass is 464 g/mol. The molecule has 0 aliphatic carbocycles. The third kappa shape index (κ3) is 6.12. The number of carbonyl (C=O) groups is 1. The Bertz CT molecular complexity index is 1120.